The number of ether oxygens (including phenoxy) is 2. The summed E-state index contributed by atoms with van der Waals surface area (Å²) in [7, 11) is 0. The van der Waals surface area contributed by atoms with Crippen LogP contribution in [0.15, 0.2) is 12.3 Å². The lowest BCUT2D eigenvalue weighted by molar-refractivity contribution is -0.0434. The molecule has 1 aromatic rings. The Labute approximate surface area is 103 Å². The van der Waals surface area contributed by atoms with Crippen LogP contribution in [0, 0.1) is 5.41 Å². The van der Waals surface area contributed by atoms with Crippen molar-refractivity contribution in [3.8, 4) is 6.01 Å². The first kappa shape index (κ1) is 12.3. The van der Waals surface area contributed by atoms with Crippen LogP contribution in [0.3, 0.4) is 0 Å². The van der Waals surface area contributed by atoms with Crippen LogP contribution in [0.25, 0.3) is 0 Å². The Kier molecular flexibility index (Phi) is 3.09. The van der Waals surface area contributed by atoms with Crippen LogP contribution in [0.4, 0.5) is 0 Å². The zero-order valence-electron chi connectivity index (χ0n) is 8.68. The minimum absolute atomic E-state index is 0. The Morgan fingerprint density at radius 1 is 1.53 bits per heavy atom. The average molecular weight is 262 g/mol. The number of hydrogen-bond acceptors (Lipinski definition) is 6. The van der Waals surface area contributed by atoms with Gasteiger partial charge in [-0.3, -0.25) is 9.98 Å². The lowest BCUT2D eigenvalue weighted by Crippen LogP contribution is -2.34. The van der Waals surface area contributed by atoms with Crippen molar-refractivity contribution in [2.24, 2.45) is 0 Å². The van der Waals surface area contributed by atoms with Crippen LogP contribution < -0.4 is 10.2 Å². The molecule has 1 fully saturated rings. The molecule has 0 spiro atoms. The lowest BCUT2D eigenvalue weighted by Gasteiger charge is -2.14. The maximum absolute atomic E-state index is 9.80. The van der Waals surface area contributed by atoms with E-state index in [1.807, 2.05) is 0 Å². The summed E-state index contributed by atoms with van der Waals surface area (Å²) in [4.78, 5) is 3.88. The first-order valence-corrected chi connectivity index (χ1v) is 4.95. The quantitative estimate of drug-likeness (QED) is 0.589. The normalized spacial score (nSPS) is 33.5. The van der Waals surface area contributed by atoms with Gasteiger partial charge in [0.15, 0.2) is 17.8 Å². The van der Waals surface area contributed by atoms with Gasteiger partial charge in [-0.05, 0) is 6.07 Å². The molecule has 3 N–H and O–H groups in total. The highest BCUT2D eigenvalue weighted by Gasteiger charge is 2.50. The van der Waals surface area contributed by atoms with Crippen molar-refractivity contribution in [3.05, 3.63) is 17.8 Å². The Morgan fingerprint density at radius 2 is 2.29 bits per heavy atom. The molecule has 17 heavy (non-hydrogen) atoms. The summed E-state index contributed by atoms with van der Waals surface area (Å²) in [5.41, 5.74) is 0.0967. The number of aromatic nitrogens is 2. The molecule has 0 bridgehead atoms. The van der Waals surface area contributed by atoms with Crippen LogP contribution in [-0.4, -0.2) is 44.7 Å². The highest BCUT2D eigenvalue weighted by molar-refractivity contribution is 5.85. The second kappa shape index (κ2) is 4.26. The first-order valence-electron chi connectivity index (χ1n) is 4.95. The van der Waals surface area contributed by atoms with E-state index in [1.165, 1.54) is 6.07 Å². The number of nitrogens with zero attached hydrogens (tertiary/aromatic N) is 2. The number of aliphatic hydroxyl groups is 2. The maximum atomic E-state index is 9.80. The van der Waals surface area contributed by atoms with Gasteiger partial charge in [0.1, 0.15) is 12.2 Å². The van der Waals surface area contributed by atoms with E-state index in [1.54, 1.807) is 10.8 Å². The van der Waals surface area contributed by atoms with Gasteiger partial charge >= 0.3 is 6.01 Å². The fourth-order valence-corrected chi connectivity index (χ4v) is 2.04. The summed E-state index contributed by atoms with van der Waals surface area (Å²) in [6.45, 7) is -0.253. The molecule has 3 heterocycles. The molecule has 4 atom stereocenters. The predicted octanol–water partition coefficient (Wildman–Crippen LogP) is -1.20. The van der Waals surface area contributed by atoms with Gasteiger partial charge in [-0.25, -0.2) is 0 Å². The van der Waals surface area contributed by atoms with Gasteiger partial charge in [0.05, 0.1) is 6.61 Å². The molecule has 3 rings (SSSR count). The fraction of sp³-hybridized carbons (Fsp3) is 0.556. The van der Waals surface area contributed by atoms with Crippen molar-refractivity contribution in [2.75, 3.05) is 6.61 Å². The number of fused-ring (bicyclic) bond motifs is 3. The summed E-state index contributed by atoms with van der Waals surface area (Å²) < 4.78 is 12.5. The monoisotopic (exact) mass is 261 g/mol. The third-order valence-corrected chi connectivity index (χ3v) is 2.84. The van der Waals surface area contributed by atoms with E-state index in [-0.39, 0.29) is 30.5 Å². The van der Waals surface area contributed by atoms with E-state index in [2.05, 4.69) is 4.98 Å². The van der Waals surface area contributed by atoms with Crippen molar-refractivity contribution in [1.29, 1.82) is 5.41 Å². The number of nitrogens with one attached hydrogen (secondary N) is 1. The maximum Gasteiger partial charge on any atom is 0.301 e. The molecule has 0 aromatic carbocycles. The van der Waals surface area contributed by atoms with Crippen LogP contribution >= 0.6 is 12.4 Å². The number of hydrogen-bond donors (Lipinski definition) is 3. The molecule has 8 heteroatoms. The summed E-state index contributed by atoms with van der Waals surface area (Å²) in [6, 6.07) is 1.77. The van der Waals surface area contributed by atoms with E-state index in [0.29, 0.717) is 0 Å². The minimum Gasteiger partial charge on any atom is -0.454 e. The van der Waals surface area contributed by atoms with Gasteiger partial charge in [0, 0.05) is 6.20 Å². The van der Waals surface area contributed by atoms with Crippen LogP contribution in [0.5, 0.6) is 6.01 Å². The van der Waals surface area contributed by atoms with Crippen LogP contribution in [0.2, 0.25) is 0 Å². The third-order valence-electron chi connectivity index (χ3n) is 2.84. The van der Waals surface area contributed by atoms with Crippen molar-refractivity contribution < 1.29 is 19.7 Å². The second-order valence-corrected chi connectivity index (χ2v) is 3.82. The van der Waals surface area contributed by atoms with Crippen molar-refractivity contribution in [3.63, 3.8) is 0 Å². The molecule has 0 saturated carbocycles. The van der Waals surface area contributed by atoms with Crippen LogP contribution in [-0.2, 0) is 4.74 Å². The molecule has 7 nitrogen and oxygen atoms in total. The van der Waals surface area contributed by atoms with Gasteiger partial charge in [0.2, 0.25) is 0 Å². The van der Waals surface area contributed by atoms with Crippen molar-refractivity contribution >= 4 is 12.4 Å². The van der Waals surface area contributed by atoms with E-state index in [0.717, 1.165) is 0 Å². The second-order valence-electron chi connectivity index (χ2n) is 3.82. The standard InChI is InChI=1S/C9H11N3O4.ClH/c10-5-1-2-12-8-7(16-9(12)11-5)6(14)4(3-13)15-8;/h1-2,4,6-8,10,13-14H,3H2;1H/t4-,6?,7-,8-;/m1./s1. The van der Waals surface area contributed by atoms with Gasteiger partial charge in [-0.15, -0.1) is 12.4 Å². The molecule has 2 aliphatic heterocycles. The molecule has 2 aliphatic rings. The minimum atomic E-state index is -0.883. The van der Waals surface area contributed by atoms with E-state index < -0.39 is 24.5 Å². The van der Waals surface area contributed by atoms with Crippen molar-refractivity contribution in [1.82, 2.24) is 9.55 Å². The zero-order valence-corrected chi connectivity index (χ0v) is 9.50. The van der Waals surface area contributed by atoms with E-state index in [9.17, 15) is 5.11 Å². The Bertz CT molecular complexity index is 480. The summed E-state index contributed by atoms with van der Waals surface area (Å²) >= 11 is 0. The lowest BCUT2D eigenvalue weighted by atomic mass is 10.1. The molecule has 94 valence electrons. The molecule has 0 radical (unpaired) electrons. The highest BCUT2D eigenvalue weighted by atomic mass is 35.5. The largest absolute Gasteiger partial charge is 0.454 e. The van der Waals surface area contributed by atoms with E-state index >= 15 is 0 Å². The Balaban J connectivity index is 0.00000108. The average Bonchev–Trinajstić information content (AvgIpc) is 2.75. The molecule has 1 aromatic heterocycles. The topological polar surface area (TPSA) is 101 Å². The number of halogens is 1. The van der Waals surface area contributed by atoms with Gasteiger partial charge in [-0.1, -0.05) is 0 Å². The highest BCUT2D eigenvalue weighted by Crippen LogP contribution is 2.38. The Hall–Kier alpha value is -1.15. The fourth-order valence-electron chi connectivity index (χ4n) is 2.04. The zero-order chi connectivity index (χ0) is 11.3. The number of rotatable bonds is 1. The molecule has 0 amide bonds. The summed E-state index contributed by atoms with van der Waals surface area (Å²) in [5, 5.41) is 26.1. The smallest absolute Gasteiger partial charge is 0.301 e. The SMILES string of the molecule is Cl.N=c1ccn2c(n1)O[C@@H]1C(O)[C@@H](CO)O[C@H]12. The molecule has 1 unspecified atom stereocenters. The Morgan fingerprint density at radius 3 is 3.00 bits per heavy atom. The van der Waals surface area contributed by atoms with Crippen molar-refractivity contribution in [2.45, 2.75) is 24.5 Å². The van der Waals surface area contributed by atoms with Gasteiger partial charge in [-0.2, -0.15) is 4.98 Å². The van der Waals surface area contributed by atoms with E-state index in [4.69, 9.17) is 20.0 Å². The van der Waals surface area contributed by atoms with Gasteiger partial charge < -0.3 is 19.7 Å². The van der Waals surface area contributed by atoms with Crippen LogP contribution in [0.1, 0.15) is 6.23 Å². The first-order chi connectivity index (χ1) is 7.70. The third kappa shape index (κ3) is 1.71. The predicted molar refractivity (Wildman–Crippen MR) is 56.7 cm³/mol. The summed E-state index contributed by atoms with van der Waals surface area (Å²) in [6.07, 6.45) is -0.930. The molecular weight excluding hydrogens is 250 g/mol. The van der Waals surface area contributed by atoms with Gasteiger partial charge in [0.25, 0.3) is 0 Å². The molecule has 1 saturated heterocycles. The number of aliphatic hydroxyl groups excluding tert-OH is 2. The molecule has 0 aliphatic carbocycles. The molecular formula is C9H12ClN3O4. The summed E-state index contributed by atoms with van der Waals surface area (Å²) in [5.74, 6) is 0.